The Labute approximate surface area is 200 Å². The predicted molar refractivity (Wildman–Crippen MR) is 128 cm³/mol. The molecule has 0 aliphatic rings. The molecule has 0 aliphatic carbocycles. The van der Waals surface area contributed by atoms with E-state index in [4.69, 9.17) is 19.0 Å². The lowest BCUT2D eigenvalue weighted by atomic mass is 9.97. The third-order valence-corrected chi connectivity index (χ3v) is 5.80. The Morgan fingerprint density at radius 2 is 1.81 bits per heavy atom. The Morgan fingerprint density at radius 1 is 1.13 bits per heavy atom. The van der Waals surface area contributed by atoms with Crippen molar-refractivity contribution >= 4 is 44.0 Å². The molecule has 0 aliphatic heterocycles. The number of methoxy groups -OCH3 is 1. The first-order valence-corrected chi connectivity index (χ1v) is 11.6. The highest BCUT2D eigenvalue weighted by atomic mass is 79.9. The molecule has 0 spiro atoms. The second-order valence-electron chi connectivity index (χ2n) is 6.86. The Balaban J connectivity index is 2.18. The molecule has 0 N–H and O–H groups in total. The van der Waals surface area contributed by atoms with E-state index in [0.717, 1.165) is 32.2 Å². The second-order valence-corrected chi connectivity index (χ2v) is 8.57. The Bertz CT molecular complexity index is 909. The number of hydrogen-bond donors (Lipinski definition) is 0. The quantitative estimate of drug-likeness (QED) is 0.182. The molecule has 168 valence electrons. The van der Waals surface area contributed by atoms with E-state index in [9.17, 15) is 4.79 Å². The standard InChI is InChI=1S/C23H27Br2NO5/c1-6-14(3)18-12-17(8-9-21(18)28-5)30-22-19(24)10-16(11-20(22)25)13-26-31-15(4)23(27)29-7-2/h8-15H,6-7H2,1-5H3/b26-13-. The molecule has 2 rings (SSSR count). The van der Waals surface area contributed by atoms with Crippen LogP contribution in [0, 0.1) is 0 Å². The molecule has 6 nitrogen and oxygen atoms in total. The van der Waals surface area contributed by atoms with Crippen LogP contribution >= 0.6 is 31.9 Å². The number of carbonyl (C=O) groups is 1. The van der Waals surface area contributed by atoms with Crippen molar-refractivity contribution < 1.29 is 23.8 Å². The summed E-state index contributed by atoms with van der Waals surface area (Å²) < 4.78 is 18.0. The van der Waals surface area contributed by atoms with Crippen LogP contribution < -0.4 is 9.47 Å². The minimum Gasteiger partial charge on any atom is -0.496 e. The first-order valence-electron chi connectivity index (χ1n) is 10.0. The number of carbonyl (C=O) groups excluding carboxylic acids is 1. The van der Waals surface area contributed by atoms with E-state index >= 15 is 0 Å². The number of ether oxygens (including phenoxy) is 3. The third-order valence-electron chi connectivity index (χ3n) is 4.62. The van der Waals surface area contributed by atoms with Gasteiger partial charge in [0.15, 0.2) is 5.75 Å². The van der Waals surface area contributed by atoms with Crippen molar-refractivity contribution in [2.24, 2.45) is 5.16 Å². The van der Waals surface area contributed by atoms with E-state index in [-0.39, 0.29) is 0 Å². The summed E-state index contributed by atoms with van der Waals surface area (Å²) in [6, 6.07) is 9.50. The number of nitrogens with zero attached hydrogens (tertiary/aromatic N) is 1. The molecule has 31 heavy (non-hydrogen) atoms. The lowest BCUT2D eigenvalue weighted by molar-refractivity contribution is -0.155. The monoisotopic (exact) mass is 555 g/mol. The molecule has 0 saturated heterocycles. The van der Waals surface area contributed by atoms with Crippen LogP contribution in [0.15, 0.2) is 44.4 Å². The van der Waals surface area contributed by atoms with Crippen LogP contribution in [0.25, 0.3) is 0 Å². The molecular formula is C23H27Br2NO5. The van der Waals surface area contributed by atoms with Crippen molar-refractivity contribution in [1.29, 1.82) is 0 Å². The molecule has 2 aromatic carbocycles. The van der Waals surface area contributed by atoms with Gasteiger partial charge in [0.05, 0.1) is 28.9 Å². The van der Waals surface area contributed by atoms with E-state index in [0.29, 0.717) is 24.0 Å². The van der Waals surface area contributed by atoms with Crippen molar-refractivity contribution in [3.05, 3.63) is 50.4 Å². The fourth-order valence-corrected chi connectivity index (χ4v) is 4.12. The number of esters is 1. The molecule has 2 aromatic rings. The zero-order valence-corrected chi connectivity index (χ0v) is 21.4. The van der Waals surface area contributed by atoms with Gasteiger partial charge in [-0.25, -0.2) is 4.79 Å². The summed E-state index contributed by atoms with van der Waals surface area (Å²) in [5.41, 5.74) is 1.86. The van der Waals surface area contributed by atoms with Crippen molar-refractivity contribution in [3.8, 4) is 17.2 Å². The molecule has 0 bridgehead atoms. The fourth-order valence-electron chi connectivity index (χ4n) is 2.74. The highest BCUT2D eigenvalue weighted by Gasteiger charge is 2.16. The maximum atomic E-state index is 11.6. The molecular weight excluding hydrogens is 530 g/mol. The van der Waals surface area contributed by atoms with Crippen molar-refractivity contribution in [2.75, 3.05) is 13.7 Å². The maximum Gasteiger partial charge on any atom is 0.349 e. The van der Waals surface area contributed by atoms with E-state index in [1.807, 2.05) is 30.3 Å². The number of hydrogen-bond acceptors (Lipinski definition) is 6. The number of benzene rings is 2. The maximum absolute atomic E-state index is 11.6. The van der Waals surface area contributed by atoms with Crippen LogP contribution in [-0.2, 0) is 14.4 Å². The SMILES string of the molecule is CCOC(=O)C(C)O/N=C\c1cc(Br)c(Oc2ccc(OC)c(C(C)CC)c2)c(Br)c1. The van der Waals surface area contributed by atoms with Gasteiger partial charge in [-0.1, -0.05) is 19.0 Å². The Kier molecular flexibility index (Phi) is 9.84. The average molecular weight is 557 g/mol. The van der Waals surface area contributed by atoms with Crippen LogP contribution in [0.1, 0.15) is 51.2 Å². The van der Waals surface area contributed by atoms with E-state index < -0.39 is 12.1 Å². The highest BCUT2D eigenvalue weighted by molar-refractivity contribution is 9.11. The minimum absolute atomic E-state index is 0.296. The topological polar surface area (TPSA) is 66.4 Å². The average Bonchev–Trinajstić information content (AvgIpc) is 2.75. The number of oxime groups is 1. The summed E-state index contributed by atoms with van der Waals surface area (Å²) in [4.78, 5) is 16.7. The van der Waals surface area contributed by atoms with Gasteiger partial charge in [-0.3, -0.25) is 0 Å². The van der Waals surface area contributed by atoms with Crippen molar-refractivity contribution in [2.45, 2.75) is 46.1 Å². The molecule has 0 fully saturated rings. The van der Waals surface area contributed by atoms with Crippen molar-refractivity contribution in [1.82, 2.24) is 0 Å². The first kappa shape index (κ1) is 25.2. The summed E-state index contributed by atoms with van der Waals surface area (Å²) in [5, 5.41) is 3.88. The van der Waals surface area contributed by atoms with Gasteiger partial charge in [0.1, 0.15) is 11.5 Å². The highest BCUT2D eigenvalue weighted by Crippen LogP contribution is 2.39. The molecule has 0 heterocycles. The molecule has 8 heteroatoms. The third kappa shape index (κ3) is 6.97. The smallest absolute Gasteiger partial charge is 0.349 e. The number of rotatable bonds is 10. The van der Waals surface area contributed by atoms with Gasteiger partial charge in [0.2, 0.25) is 6.10 Å². The normalized spacial score (nSPS) is 13.0. The molecule has 2 atom stereocenters. The van der Waals surface area contributed by atoms with Crippen LogP contribution in [0.5, 0.6) is 17.2 Å². The lowest BCUT2D eigenvalue weighted by Gasteiger charge is -2.17. The minimum atomic E-state index is -0.777. The molecule has 2 unspecified atom stereocenters. The molecule has 0 amide bonds. The summed E-state index contributed by atoms with van der Waals surface area (Å²) in [6.45, 7) is 7.92. The van der Waals surface area contributed by atoms with Gasteiger partial charge < -0.3 is 19.0 Å². The zero-order chi connectivity index (χ0) is 23.0. The Morgan fingerprint density at radius 3 is 2.39 bits per heavy atom. The van der Waals surface area contributed by atoms with Gasteiger partial charge in [-0.15, -0.1) is 0 Å². The predicted octanol–water partition coefficient (Wildman–Crippen LogP) is 6.83. The van der Waals surface area contributed by atoms with Crippen LogP contribution in [0.2, 0.25) is 0 Å². The lowest BCUT2D eigenvalue weighted by Crippen LogP contribution is -2.21. The zero-order valence-electron chi connectivity index (χ0n) is 18.3. The van der Waals surface area contributed by atoms with Crippen LogP contribution in [0.4, 0.5) is 0 Å². The van der Waals surface area contributed by atoms with Crippen molar-refractivity contribution in [3.63, 3.8) is 0 Å². The Hall–Kier alpha value is -2.06. The van der Waals surface area contributed by atoms with Gasteiger partial charge in [0.25, 0.3) is 0 Å². The molecule has 0 saturated carbocycles. The van der Waals surface area contributed by atoms with Crippen LogP contribution in [-0.4, -0.2) is 32.0 Å². The van der Waals surface area contributed by atoms with Gasteiger partial charge in [-0.2, -0.15) is 0 Å². The summed E-state index contributed by atoms with van der Waals surface area (Å²) in [7, 11) is 1.67. The summed E-state index contributed by atoms with van der Waals surface area (Å²) in [5.74, 6) is 2.09. The summed E-state index contributed by atoms with van der Waals surface area (Å²) >= 11 is 7.11. The molecule has 0 radical (unpaired) electrons. The van der Waals surface area contributed by atoms with Gasteiger partial charge in [-0.05, 0) is 93.9 Å². The molecule has 0 aromatic heterocycles. The largest absolute Gasteiger partial charge is 0.496 e. The van der Waals surface area contributed by atoms with E-state index in [1.165, 1.54) is 6.21 Å². The summed E-state index contributed by atoms with van der Waals surface area (Å²) in [6.07, 6.45) is 1.74. The van der Waals surface area contributed by atoms with E-state index in [1.54, 1.807) is 21.0 Å². The van der Waals surface area contributed by atoms with Crippen LogP contribution in [0.3, 0.4) is 0 Å². The van der Waals surface area contributed by atoms with E-state index in [2.05, 4.69) is 50.9 Å². The van der Waals surface area contributed by atoms with Gasteiger partial charge >= 0.3 is 5.97 Å². The first-order chi connectivity index (χ1) is 14.8. The number of halogens is 2. The second kappa shape index (κ2) is 12.1. The van der Waals surface area contributed by atoms with Gasteiger partial charge in [0, 0.05) is 5.56 Å². The fraction of sp³-hybridized carbons (Fsp3) is 0.391.